The summed E-state index contributed by atoms with van der Waals surface area (Å²) in [6, 6.07) is 8.54. The topological polar surface area (TPSA) is 54.7 Å². The average Bonchev–Trinajstić information content (AvgIpc) is 3.20. The van der Waals surface area contributed by atoms with Crippen LogP contribution in [-0.4, -0.2) is 53.2 Å². The van der Waals surface area contributed by atoms with Gasteiger partial charge in [0.05, 0.1) is 18.9 Å². The van der Waals surface area contributed by atoms with Crippen LogP contribution in [0.4, 0.5) is 0 Å². The quantitative estimate of drug-likeness (QED) is 0.650. The van der Waals surface area contributed by atoms with Crippen LogP contribution in [0.3, 0.4) is 0 Å². The molecule has 0 radical (unpaired) electrons. The molecule has 27 heavy (non-hydrogen) atoms. The molecule has 3 unspecified atom stereocenters. The fraction of sp³-hybridized carbons (Fsp3) is 0.524. The zero-order valence-electron chi connectivity index (χ0n) is 16.8. The van der Waals surface area contributed by atoms with Gasteiger partial charge in [0.1, 0.15) is 11.9 Å². The Hall–Kier alpha value is -2.50. The average molecular weight is 370 g/mol. The second-order valence-electron chi connectivity index (χ2n) is 7.41. The van der Waals surface area contributed by atoms with Crippen molar-refractivity contribution in [3.63, 3.8) is 0 Å². The first-order valence-electron chi connectivity index (χ1n) is 9.73. The molecule has 6 heteroatoms. The third-order valence-corrected chi connectivity index (χ3v) is 5.31. The lowest BCUT2D eigenvalue weighted by Crippen LogP contribution is -2.50. The maximum atomic E-state index is 6.08. The van der Waals surface area contributed by atoms with Gasteiger partial charge >= 0.3 is 0 Å². The van der Waals surface area contributed by atoms with Crippen LogP contribution in [0.25, 0.3) is 0 Å². The molecule has 0 bridgehead atoms. The molecule has 1 aromatic heterocycles. The number of rotatable bonds is 5. The summed E-state index contributed by atoms with van der Waals surface area (Å²) < 4.78 is 8.29. The number of benzene rings is 1. The third kappa shape index (κ3) is 4.81. The molecule has 6 nitrogen and oxygen atoms in total. The number of hydrogen-bond acceptors (Lipinski definition) is 3. The number of guanidine groups is 1. The van der Waals surface area contributed by atoms with Crippen molar-refractivity contribution in [2.24, 2.45) is 10.9 Å². The molecule has 1 saturated heterocycles. The van der Waals surface area contributed by atoms with Crippen LogP contribution >= 0.6 is 0 Å². The van der Waals surface area contributed by atoms with Crippen LogP contribution in [0.5, 0.6) is 5.75 Å². The van der Waals surface area contributed by atoms with E-state index in [1.54, 1.807) is 0 Å². The van der Waals surface area contributed by atoms with Crippen molar-refractivity contribution >= 4 is 5.96 Å². The minimum atomic E-state index is 0.0519. The first-order valence-corrected chi connectivity index (χ1v) is 9.73. The largest absolute Gasteiger partial charge is 0.489 e. The second kappa shape index (κ2) is 8.93. The molecular weight excluding hydrogens is 338 g/mol. The van der Waals surface area contributed by atoms with Crippen molar-refractivity contribution in [1.82, 2.24) is 19.8 Å². The maximum absolute atomic E-state index is 6.08. The van der Waals surface area contributed by atoms with Crippen molar-refractivity contribution in [3.05, 3.63) is 48.5 Å². The summed E-state index contributed by atoms with van der Waals surface area (Å²) in [5.74, 6) is 2.50. The van der Waals surface area contributed by atoms with Gasteiger partial charge in [0.2, 0.25) is 0 Å². The molecule has 1 aromatic carbocycles. The lowest BCUT2D eigenvalue weighted by molar-refractivity contribution is 0.184. The van der Waals surface area contributed by atoms with E-state index in [-0.39, 0.29) is 6.10 Å². The van der Waals surface area contributed by atoms with Crippen LogP contribution in [-0.2, 0) is 0 Å². The van der Waals surface area contributed by atoms with E-state index in [2.05, 4.69) is 57.8 Å². The van der Waals surface area contributed by atoms with Gasteiger partial charge in [-0.2, -0.15) is 0 Å². The van der Waals surface area contributed by atoms with Gasteiger partial charge in [-0.25, -0.2) is 4.98 Å². The number of para-hydroxylation sites is 1. The normalized spacial score (nSPS) is 21.8. The van der Waals surface area contributed by atoms with Crippen molar-refractivity contribution in [2.45, 2.75) is 39.3 Å². The Morgan fingerprint density at radius 1 is 1.41 bits per heavy atom. The zero-order chi connectivity index (χ0) is 19.2. The summed E-state index contributed by atoms with van der Waals surface area (Å²) in [5, 5.41) is 3.49. The number of aromatic nitrogens is 2. The Bertz CT molecular complexity index is 743. The predicted octanol–water partition coefficient (Wildman–Crippen LogP) is 3.12. The summed E-state index contributed by atoms with van der Waals surface area (Å²) in [7, 11) is 1.85. The van der Waals surface area contributed by atoms with E-state index in [1.807, 2.05) is 37.8 Å². The van der Waals surface area contributed by atoms with E-state index in [0.29, 0.717) is 18.5 Å². The van der Waals surface area contributed by atoms with E-state index in [0.717, 1.165) is 36.8 Å². The number of hydrogen-bond donors (Lipinski definition) is 1. The number of aryl methyl sites for hydroxylation is 1. The molecule has 2 heterocycles. The van der Waals surface area contributed by atoms with Crippen molar-refractivity contribution in [1.29, 1.82) is 0 Å². The van der Waals surface area contributed by atoms with Crippen molar-refractivity contribution in [2.75, 3.05) is 26.7 Å². The fourth-order valence-corrected chi connectivity index (χ4v) is 3.61. The number of nitrogens with one attached hydrogen (secondary N) is 1. The molecule has 3 atom stereocenters. The molecule has 1 aliphatic rings. The first kappa shape index (κ1) is 19.3. The van der Waals surface area contributed by atoms with E-state index < -0.39 is 0 Å². The van der Waals surface area contributed by atoms with Gasteiger partial charge in [-0.3, -0.25) is 4.99 Å². The highest BCUT2D eigenvalue weighted by molar-refractivity contribution is 5.80. The summed E-state index contributed by atoms with van der Waals surface area (Å²) in [6.07, 6.45) is 7.01. The highest BCUT2D eigenvalue weighted by Crippen LogP contribution is 2.27. The molecular formula is C21H31N5O. The number of likely N-dealkylation sites (tertiary alicyclic amines) is 1. The molecule has 0 amide bonds. The molecule has 0 aliphatic carbocycles. The Kier molecular flexibility index (Phi) is 6.37. The highest BCUT2D eigenvalue weighted by Gasteiger charge is 2.29. The number of nitrogens with zero attached hydrogens (tertiary/aromatic N) is 4. The zero-order valence-corrected chi connectivity index (χ0v) is 16.8. The van der Waals surface area contributed by atoms with Gasteiger partial charge in [-0.15, -0.1) is 0 Å². The van der Waals surface area contributed by atoms with Crippen molar-refractivity contribution < 1.29 is 4.74 Å². The predicted molar refractivity (Wildman–Crippen MR) is 109 cm³/mol. The molecule has 0 saturated carbocycles. The van der Waals surface area contributed by atoms with Gasteiger partial charge in [-0.05, 0) is 37.8 Å². The Balaban J connectivity index is 1.56. The van der Waals surface area contributed by atoms with Crippen LogP contribution in [0.1, 0.15) is 31.9 Å². The summed E-state index contributed by atoms with van der Waals surface area (Å²) >= 11 is 0. The Morgan fingerprint density at radius 2 is 2.22 bits per heavy atom. The molecule has 2 aromatic rings. The van der Waals surface area contributed by atoms with E-state index in [9.17, 15) is 0 Å². The van der Waals surface area contributed by atoms with Gasteiger partial charge < -0.3 is 19.5 Å². The molecule has 146 valence electrons. The number of aliphatic imine (C=N–C) groups is 1. The maximum Gasteiger partial charge on any atom is 0.193 e. The fourth-order valence-electron chi connectivity index (χ4n) is 3.61. The lowest BCUT2D eigenvalue weighted by atomic mass is 9.93. The second-order valence-corrected chi connectivity index (χ2v) is 7.41. The van der Waals surface area contributed by atoms with E-state index >= 15 is 0 Å². The summed E-state index contributed by atoms with van der Waals surface area (Å²) in [4.78, 5) is 11.0. The molecule has 1 N–H and O–H groups in total. The molecule has 0 spiro atoms. The lowest BCUT2D eigenvalue weighted by Gasteiger charge is -2.39. The third-order valence-electron chi connectivity index (χ3n) is 5.31. The monoisotopic (exact) mass is 369 g/mol. The Morgan fingerprint density at radius 3 is 2.93 bits per heavy atom. The van der Waals surface area contributed by atoms with E-state index in [4.69, 9.17) is 4.74 Å². The van der Waals surface area contributed by atoms with Crippen LogP contribution in [0, 0.1) is 12.8 Å². The number of ether oxygens (including phenoxy) is 1. The highest BCUT2D eigenvalue weighted by atomic mass is 16.5. The van der Waals surface area contributed by atoms with Crippen LogP contribution < -0.4 is 10.1 Å². The van der Waals surface area contributed by atoms with Gasteiger partial charge in [-0.1, -0.05) is 25.1 Å². The molecule has 1 aliphatic heterocycles. The smallest absolute Gasteiger partial charge is 0.193 e. The first-order chi connectivity index (χ1) is 13.1. The minimum Gasteiger partial charge on any atom is -0.489 e. The number of imidazole rings is 1. The van der Waals surface area contributed by atoms with Crippen molar-refractivity contribution in [3.8, 4) is 5.75 Å². The van der Waals surface area contributed by atoms with Gasteiger partial charge in [0.15, 0.2) is 5.96 Å². The SMILES string of the molecule is CN=C(NCC(C)Oc1ccccc1C)N1CCC(C)C(n2ccnc2)C1. The standard InChI is InChI=1S/C21H31N5O/c1-16-9-11-25(14-19(16)26-12-10-23-15-26)21(22-4)24-13-18(3)27-20-8-6-5-7-17(20)2/h5-8,10,12,15-16,18-19H,9,11,13-14H2,1-4H3,(H,22,24). The number of piperidine rings is 1. The van der Waals surface area contributed by atoms with E-state index in [1.165, 1.54) is 0 Å². The molecule has 3 rings (SSSR count). The van der Waals surface area contributed by atoms with Crippen LogP contribution in [0.2, 0.25) is 0 Å². The van der Waals surface area contributed by atoms with Gasteiger partial charge in [0, 0.05) is 32.5 Å². The van der Waals surface area contributed by atoms with Crippen LogP contribution in [0.15, 0.2) is 48.0 Å². The molecule has 1 fully saturated rings. The Labute approximate surface area is 162 Å². The summed E-state index contributed by atoms with van der Waals surface area (Å²) in [6.45, 7) is 9.13. The summed E-state index contributed by atoms with van der Waals surface area (Å²) in [5.41, 5.74) is 1.15. The minimum absolute atomic E-state index is 0.0519. The van der Waals surface area contributed by atoms with Gasteiger partial charge in [0.25, 0.3) is 0 Å².